The van der Waals surface area contributed by atoms with Crippen molar-refractivity contribution >= 4 is 21.6 Å². The molecule has 5 nitrogen and oxygen atoms in total. The summed E-state index contributed by atoms with van der Waals surface area (Å²) in [6.07, 6.45) is 0.695. The number of amides is 1. The highest BCUT2D eigenvalue weighted by molar-refractivity contribution is 7.92. The van der Waals surface area contributed by atoms with E-state index in [1.54, 1.807) is 13.0 Å². The van der Waals surface area contributed by atoms with Gasteiger partial charge in [-0.1, -0.05) is 25.1 Å². The Morgan fingerprint density at radius 3 is 2.28 bits per heavy atom. The fourth-order valence-electron chi connectivity index (χ4n) is 2.11. The molecule has 25 heavy (non-hydrogen) atoms. The first-order valence-electron chi connectivity index (χ1n) is 7.63. The number of anilines is 1. The summed E-state index contributed by atoms with van der Waals surface area (Å²) in [6, 6.07) is 8.49. The number of hydrogen-bond donors (Lipinski definition) is 2. The first kappa shape index (κ1) is 18.9. The zero-order chi connectivity index (χ0) is 18.6. The van der Waals surface area contributed by atoms with Crippen LogP contribution in [0.4, 0.5) is 14.5 Å². The van der Waals surface area contributed by atoms with E-state index >= 15 is 0 Å². The normalized spacial score (nSPS) is 12.5. The summed E-state index contributed by atoms with van der Waals surface area (Å²) in [4.78, 5) is 11.2. The number of benzene rings is 2. The monoisotopic (exact) mass is 368 g/mol. The molecule has 8 heteroatoms. The third-order valence-corrected chi connectivity index (χ3v) is 5.01. The van der Waals surface area contributed by atoms with Gasteiger partial charge in [-0.2, -0.15) is 0 Å². The molecule has 0 unspecified atom stereocenters. The first-order chi connectivity index (χ1) is 11.8. The Kier molecular flexibility index (Phi) is 5.73. The van der Waals surface area contributed by atoms with Crippen molar-refractivity contribution in [2.75, 3.05) is 4.72 Å². The van der Waals surface area contributed by atoms with Crippen LogP contribution in [-0.2, 0) is 10.0 Å². The smallest absolute Gasteiger partial charge is 0.267 e. The van der Waals surface area contributed by atoms with Crippen LogP contribution in [-0.4, -0.2) is 20.4 Å². The predicted octanol–water partition coefficient (Wildman–Crippen LogP) is 3.29. The van der Waals surface area contributed by atoms with E-state index in [-0.39, 0.29) is 17.3 Å². The maximum absolute atomic E-state index is 13.8. The number of sulfonamides is 1. The van der Waals surface area contributed by atoms with Gasteiger partial charge in [0.2, 0.25) is 0 Å². The average Bonchev–Trinajstić information content (AvgIpc) is 2.54. The van der Waals surface area contributed by atoms with Gasteiger partial charge >= 0.3 is 0 Å². The number of nitrogens with one attached hydrogen (secondary N) is 2. The summed E-state index contributed by atoms with van der Waals surface area (Å²) < 4.78 is 54.4. The van der Waals surface area contributed by atoms with E-state index in [4.69, 9.17) is 0 Å². The van der Waals surface area contributed by atoms with Gasteiger partial charge in [0.15, 0.2) is 4.90 Å². The molecule has 0 saturated heterocycles. The second kappa shape index (κ2) is 7.60. The molecule has 0 heterocycles. The minimum atomic E-state index is -4.54. The van der Waals surface area contributed by atoms with Crippen LogP contribution in [0, 0.1) is 11.6 Å². The third kappa shape index (κ3) is 4.33. The van der Waals surface area contributed by atoms with Crippen molar-refractivity contribution in [3.05, 3.63) is 59.7 Å². The van der Waals surface area contributed by atoms with Gasteiger partial charge in [-0.05, 0) is 37.6 Å². The fourth-order valence-corrected chi connectivity index (χ4v) is 3.33. The predicted molar refractivity (Wildman–Crippen MR) is 90.8 cm³/mol. The van der Waals surface area contributed by atoms with Crippen LogP contribution in [0.3, 0.4) is 0 Å². The standard InChI is InChI=1S/C17H18F2N2O3S/c1-3-11(2)20-17(22)12-7-4-5-10-15(12)21-25(23,24)16-13(18)8-6-9-14(16)19/h4-11,21H,3H2,1-2H3,(H,20,22)/t11-/m1/s1. The second-order valence-corrected chi connectivity index (χ2v) is 7.10. The van der Waals surface area contributed by atoms with E-state index in [1.807, 2.05) is 6.92 Å². The molecule has 0 aliphatic carbocycles. The van der Waals surface area contributed by atoms with Crippen LogP contribution in [0.5, 0.6) is 0 Å². The minimum absolute atomic E-state index is 0.0584. The first-order valence-corrected chi connectivity index (χ1v) is 9.11. The summed E-state index contributed by atoms with van der Waals surface area (Å²) in [6.45, 7) is 3.69. The lowest BCUT2D eigenvalue weighted by Crippen LogP contribution is -2.32. The molecule has 0 saturated carbocycles. The van der Waals surface area contributed by atoms with Crippen LogP contribution >= 0.6 is 0 Å². The van der Waals surface area contributed by atoms with Gasteiger partial charge in [-0.3, -0.25) is 9.52 Å². The molecule has 0 aliphatic rings. The van der Waals surface area contributed by atoms with E-state index < -0.39 is 32.5 Å². The molecule has 0 bridgehead atoms. The molecule has 2 aromatic rings. The van der Waals surface area contributed by atoms with Crippen molar-refractivity contribution in [2.45, 2.75) is 31.2 Å². The second-order valence-electron chi connectivity index (χ2n) is 5.48. The van der Waals surface area contributed by atoms with Gasteiger partial charge in [0.1, 0.15) is 11.6 Å². The molecule has 2 rings (SSSR count). The number of hydrogen-bond acceptors (Lipinski definition) is 3. The van der Waals surface area contributed by atoms with Crippen molar-refractivity contribution < 1.29 is 22.0 Å². The lowest BCUT2D eigenvalue weighted by Gasteiger charge is -2.15. The van der Waals surface area contributed by atoms with Crippen LogP contribution < -0.4 is 10.0 Å². The van der Waals surface area contributed by atoms with Gasteiger partial charge in [0.25, 0.3) is 15.9 Å². The molecule has 2 N–H and O–H groups in total. The van der Waals surface area contributed by atoms with E-state index in [2.05, 4.69) is 10.0 Å². The van der Waals surface area contributed by atoms with Crippen LogP contribution in [0.2, 0.25) is 0 Å². The summed E-state index contributed by atoms with van der Waals surface area (Å²) in [5, 5.41) is 2.71. The molecule has 1 atom stereocenters. The summed E-state index contributed by atoms with van der Waals surface area (Å²) in [5.41, 5.74) is -0.00548. The van der Waals surface area contributed by atoms with Crippen molar-refractivity contribution in [1.29, 1.82) is 0 Å². The van der Waals surface area contributed by atoms with Gasteiger partial charge in [-0.15, -0.1) is 0 Å². The van der Waals surface area contributed by atoms with Crippen molar-refractivity contribution in [3.8, 4) is 0 Å². The third-order valence-electron chi connectivity index (χ3n) is 3.59. The van der Waals surface area contributed by atoms with Crippen LogP contribution in [0.25, 0.3) is 0 Å². The lowest BCUT2D eigenvalue weighted by atomic mass is 10.1. The molecule has 1 amide bonds. The van der Waals surface area contributed by atoms with Gasteiger partial charge in [-0.25, -0.2) is 17.2 Å². The highest BCUT2D eigenvalue weighted by atomic mass is 32.2. The van der Waals surface area contributed by atoms with E-state index in [0.717, 1.165) is 18.2 Å². The molecule has 2 aromatic carbocycles. The number of carbonyl (C=O) groups excluding carboxylic acids is 1. The molecule has 0 aromatic heterocycles. The van der Waals surface area contributed by atoms with Crippen molar-refractivity contribution in [3.63, 3.8) is 0 Å². The largest absolute Gasteiger partial charge is 0.350 e. The molecular weight excluding hydrogens is 350 g/mol. The number of halogens is 2. The molecular formula is C17H18F2N2O3S. The maximum atomic E-state index is 13.8. The SMILES string of the molecule is CC[C@@H](C)NC(=O)c1ccccc1NS(=O)(=O)c1c(F)cccc1F. The van der Waals surface area contributed by atoms with Gasteiger partial charge in [0.05, 0.1) is 11.3 Å². The number of rotatable bonds is 6. The Morgan fingerprint density at radius 2 is 1.68 bits per heavy atom. The fraction of sp³-hybridized carbons (Fsp3) is 0.235. The molecule has 0 aliphatic heterocycles. The molecule has 0 radical (unpaired) electrons. The zero-order valence-corrected chi connectivity index (χ0v) is 14.5. The number of para-hydroxylation sites is 1. The van der Waals surface area contributed by atoms with Crippen molar-refractivity contribution in [1.82, 2.24) is 5.32 Å². The summed E-state index contributed by atoms with van der Waals surface area (Å²) >= 11 is 0. The Labute approximate surface area is 145 Å². The van der Waals surface area contributed by atoms with E-state index in [9.17, 15) is 22.0 Å². The summed E-state index contributed by atoms with van der Waals surface area (Å²) in [7, 11) is -4.54. The van der Waals surface area contributed by atoms with E-state index in [1.165, 1.54) is 18.2 Å². The summed E-state index contributed by atoms with van der Waals surface area (Å²) in [5.74, 6) is -2.91. The maximum Gasteiger partial charge on any atom is 0.267 e. The van der Waals surface area contributed by atoms with Crippen molar-refractivity contribution in [2.24, 2.45) is 0 Å². The van der Waals surface area contributed by atoms with Gasteiger partial charge < -0.3 is 5.32 Å². The topological polar surface area (TPSA) is 75.3 Å². The van der Waals surface area contributed by atoms with Gasteiger partial charge in [0, 0.05) is 6.04 Å². The molecule has 0 fully saturated rings. The van der Waals surface area contributed by atoms with Crippen LogP contribution in [0.1, 0.15) is 30.6 Å². The Bertz CT molecular complexity index is 865. The highest BCUT2D eigenvalue weighted by Gasteiger charge is 2.25. The quantitative estimate of drug-likeness (QED) is 0.822. The Hall–Kier alpha value is -2.48. The Morgan fingerprint density at radius 1 is 1.08 bits per heavy atom. The molecule has 134 valence electrons. The van der Waals surface area contributed by atoms with E-state index in [0.29, 0.717) is 6.42 Å². The lowest BCUT2D eigenvalue weighted by molar-refractivity contribution is 0.0940. The Balaban J connectivity index is 2.39. The average molecular weight is 368 g/mol. The zero-order valence-electron chi connectivity index (χ0n) is 13.7. The number of carbonyl (C=O) groups is 1. The molecule has 0 spiro atoms. The van der Waals surface area contributed by atoms with Crippen LogP contribution in [0.15, 0.2) is 47.4 Å². The minimum Gasteiger partial charge on any atom is -0.350 e. The highest BCUT2D eigenvalue weighted by Crippen LogP contribution is 2.24.